The number of carbonyl (C=O) groups excluding carboxylic acids is 3. The van der Waals surface area contributed by atoms with E-state index in [4.69, 9.17) is 45.7 Å². The summed E-state index contributed by atoms with van der Waals surface area (Å²) in [6, 6.07) is 7.59. The van der Waals surface area contributed by atoms with E-state index in [0.29, 0.717) is 40.3 Å². The summed E-state index contributed by atoms with van der Waals surface area (Å²) in [6.07, 6.45) is 0. The van der Waals surface area contributed by atoms with Crippen LogP contribution >= 0.6 is 35.1 Å². The molecule has 0 fully saturated rings. The Hall–Kier alpha value is -5.38. The van der Waals surface area contributed by atoms with Crippen molar-refractivity contribution in [2.24, 2.45) is 10.1 Å². The zero-order valence-electron chi connectivity index (χ0n) is 29.2. The number of halogens is 3. The maximum atomic E-state index is 13.4. The molecular formula is C29H28ClF2N12NaO9S2. The van der Waals surface area contributed by atoms with E-state index < -0.39 is 11.6 Å². The number of nitrogens with one attached hydrogen (secondary N) is 3. The van der Waals surface area contributed by atoms with Crippen LogP contribution in [0.4, 0.5) is 31.5 Å². The van der Waals surface area contributed by atoms with Crippen molar-refractivity contribution in [1.29, 1.82) is 0 Å². The number of rotatable bonds is 12. The molecule has 0 bridgehead atoms. The van der Waals surface area contributed by atoms with Crippen LogP contribution in [-0.4, -0.2) is 84.9 Å². The summed E-state index contributed by atoms with van der Waals surface area (Å²) in [7, 11) is 0. The van der Waals surface area contributed by atoms with Gasteiger partial charge in [0.25, 0.3) is 6.47 Å². The van der Waals surface area contributed by atoms with Crippen LogP contribution in [0.5, 0.6) is 0 Å². The number of nitrogens with two attached hydrogens (primary N) is 1. The first-order valence-electron chi connectivity index (χ1n) is 14.4. The van der Waals surface area contributed by atoms with Gasteiger partial charge in [0.1, 0.15) is 11.6 Å². The summed E-state index contributed by atoms with van der Waals surface area (Å²) in [5.74, 6) is -0.437. The molecule has 27 heteroatoms. The van der Waals surface area contributed by atoms with Gasteiger partial charge in [-0.1, -0.05) is 40.3 Å². The number of benzene rings is 2. The number of hydrogen-bond acceptors (Lipinski definition) is 18. The molecule has 2 amide bonds. The third-order valence-electron chi connectivity index (χ3n) is 5.38. The van der Waals surface area contributed by atoms with Crippen molar-refractivity contribution in [3.63, 3.8) is 0 Å². The second-order valence-corrected chi connectivity index (χ2v) is 11.7. The Bertz CT molecular complexity index is 2010. The van der Waals surface area contributed by atoms with E-state index in [0.717, 1.165) is 6.07 Å². The minimum atomic E-state index is -0.662. The maximum Gasteiger partial charge on any atom is 1.00 e. The van der Waals surface area contributed by atoms with E-state index in [1.54, 1.807) is 0 Å². The van der Waals surface area contributed by atoms with Crippen molar-refractivity contribution < 1.29 is 82.5 Å². The largest absolute Gasteiger partial charge is 1.00 e. The molecule has 0 spiro atoms. The molecule has 0 aliphatic heterocycles. The number of aliphatic imine (C=N–C) groups is 1. The topological polar surface area (TPSA) is 297 Å². The number of carbonyl (C=O) groups is 3. The number of oxime groups is 1. The number of amidine groups is 1. The monoisotopic (exact) mass is 848 g/mol. The van der Waals surface area contributed by atoms with Crippen LogP contribution in [-0.2, 0) is 19.3 Å². The average Bonchev–Trinajstić information content (AvgIpc) is 3.86. The molecule has 4 rings (SSSR count). The number of nitrogens with zero attached hydrogens (tertiary/aromatic N) is 8. The predicted octanol–water partition coefficient (Wildman–Crippen LogP) is 0.115. The van der Waals surface area contributed by atoms with Gasteiger partial charge in [0.2, 0.25) is 23.2 Å². The minimum Gasteiger partial charge on any atom is -0.662 e. The summed E-state index contributed by atoms with van der Waals surface area (Å²) < 4.78 is 35.0. The van der Waals surface area contributed by atoms with E-state index in [-0.39, 0.29) is 87.3 Å². The van der Waals surface area contributed by atoms with Gasteiger partial charge in [-0.2, -0.15) is 0 Å². The first-order valence-corrected chi connectivity index (χ1v) is 16.8. The second kappa shape index (κ2) is 29.0. The predicted molar refractivity (Wildman–Crippen MR) is 190 cm³/mol. The van der Waals surface area contributed by atoms with Gasteiger partial charge in [-0.25, -0.2) is 32.7 Å². The molecular weight excluding hydrogens is 821 g/mol. The number of aromatic nitrogens is 4. The van der Waals surface area contributed by atoms with E-state index in [9.17, 15) is 23.6 Å². The Balaban J connectivity index is 0.000000833. The van der Waals surface area contributed by atoms with Crippen LogP contribution in [0.25, 0.3) is 9.69 Å². The molecule has 292 valence electrons. The molecule has 2 aromatic heterocycles. The summed E-state index contributed by atoms with van der Waals surface area (Å²) in [5.41, 5.74) is 7.93. The first-order chi connectivity index (χ1) is 26.3. The maximum absolute atomic E-state index is 13.4. The fourth-order valence-electron chi connectivity index (χ4n) is 3.15. The summed E-state index contributed by atoms with van der Waals surface area (Å²) >= 11 is 8.07. The molecule has 0 atom stereocenters. The summed E-state index contributed by atoms with van der Waals surface area (Å²) in [5, 5.41) is 49.3. The molecule has 56 heavy (non-hydrogen) atoms. The van der Waals surface area contributed by atoms with Crippen LogP contribution in [0.2, 0.25) is 0 Å². The molecule has 0 unspecified atom stereocenters. The van der Waals surface area contributed by atoms with Crippen molar-refractivity contribution in [2.45, 2.75) is 23.9 Å². The van der Waals surface area contributed by atoms with Gasteiger partial charge in [0.15, 0.2) is 32.4 Å². The third-order valence-corrected chi connectivity index (χ3v) is 7.53. The average molecular weight is 849 g/mol. The van der Waals surface area contributed by atoms with Gasteiger partial charge in [0, 0.05) is 44.1 Å². The Morgan fingerprint density at radius 3 is 1.89 bits per heavy atom. The van der Waals surface area contributed by atoms with Crippen molar-refractivity contribution in [2.75, 3.05) is 30.3 Å². The van der Waals surface area contributed by atoms with Crippen molar-refractivity contribution in [1.82, 2.24) is 36.7 Å². The van der Waals surface area contributed by atoms with Crippen molar-refractivity contribution >= 4 is 87.2 Å². The van der Waals surface area contributed by atoms with E-state index in [2.05, 4.69) is 65.2 Å². The van der Waals surface area contributed by atoms with Crippen LogP contribution in [0, 0.1) is 24.8 Å². The van der Waals surface area contributed by atoms with Crippen LogP contribution in [0.15, 0.2) is 65.9 Å². The normalized spacial score (nSPS) is 10.2. The van der Waals surface area contributed by atoms with Gasteiger partial charge in [-0.05, 0) is 57.0 Å². The smallest absolute Gasteiger partial charge is 0.662 e. The third kappa shape index (κ3) is 19.3. The van der Waals surface area contributed by atoms with Gasteiger partial charge in [-0.15, -0.1) is 0 Å². The minimum absolute atomic E-state index is 0. The van der Waals surface area contributed by atoms with Crippen molar-refractivity contribution in [3.05, 3.63) is 82.3 Å². The zero-order chi connectivity index (χ0) is 41.2. The molecule has 0 aliphatic rings. The molecule has 0 saturated heterocycles. The fraction of sp³-hybridized carbons (Fsp3) is 0.207. The number of thioether (sulfide) groups is 2. The van der Waals surface area contributed by atoms with Crippen LogP contribution in [0.1, 0.15) is 25.2 Å². The summed E-state index contributed by atoms with van der Waals surface area (Å²) in [6.45, 7) is 17.0. The number of hydroxylamine groups is 1. The zero-order valence-corrected chi connectivity index (χ0v) is 33.6. The SMILES string of the molecule is CC(=O)NCCSc1nonc1/C(Cl)=N/O.O=CO[O-].[C-]#[N+]c1cc(N)ccc1F.[C-]#[N+]c1cc(N=C(NO)c2nonc2SCCNC(C)=O)ccc1F.[Na+]. The van der Waals surface area contributed by atoms with E-state index in [1.807, 2.05) is 5.48 Å². The molecule has 0 saturated carbocycles. The standard InChI is InChI=1S/C14H13FN6O3S.C7H9ClN4O3S.C7H5FN2.CH2O3.Na/c1-8(22)17-5-6-25-14-12(20-24-21-14)13(19-23)18-9-3-4-10(15)11(7-9)16-2;1-4(13)9-2-3-16-7-5(6(8)10-14)11-15-12-7;1-10-7-4-5(9)2-3-6(7)8;2-1-4-3;/h3-4,7,23H,5-6H2,1H3,(H,17,22)(H,18,19);14H,2-3H2,1H3,(H,9,13);2-4H,9H2;1,3H;/q;;;;+1/p-1/b;10-6-;;;. The number of anilines is 1. The van der Waals surface area contributed by atoms with Gasteiger partial charge in [-0.3, -0.25) is 25.1 Å². The number of nitrogen functional groups attached to an aromatic ring is 1. The fourth-order valence-corrected chi connectivity index (χ4v) is 4.84. The molecule has 7 N–H and O–H groups in total. The quantitative estimate of drug-likeness (QED) is 0.00943. The summed E-state index contributed by atoms with van der Waals surface area (Å²) in [4.78, 5) is 42.7. The van der Waals surface area contributed by atoms with Gasteiger partial charge < -0.3 is 31.7 Å². The van der Waals surface area contributed by atoms with Crippen LogP contribution in [0.3, 0.4) is 0 Å². The molecule has 21 nitrogen and oxygen atoms in total. The number of hydrogen-bond donors (Lipinski definition) is 6. The van der Waals surface area contributed by atoms with E-state index >= 15 is 0 Å². The molecule has 2 aromatic carbocycles. The van der Waals surface area contributed by atoms with Gasteiger partial charge in [0.05, 0.1) is 18.8 Å². The first kappa shape index (κ1) is 50.6. The Morgan fingerprint density at radius 2 is 1.45 bits per heavy atom. The molecule has 2 heterocycles. The molecule has 0 radical (unpaired) electrons. The van der Waals surface area contributed by atoms with E-state index in [1.165, 1.54) is 67.7 Å². The Kier molecular flexibility index (Phi) is 26.2. The molecule has 4 aromatic rings. The van der Waals surface area contributed by atoms with Crippen molar-refractivity contribution in [3.8, 4) is 0 Å². The molecule has 0 aliphatic carbocycles. The Labute approximate surface area is 351 Å². The Morgan fingerprint density at radius 1 is 0.964 bits per heavy atom. The van der Waals surface area contributed by atoms with Crippen LogP contribution < -0.4 is 56.7 Å². The second-order valence-electron chi connectivity index (χ2n) is 9.22. The number of amides is 2. The van der Waals surface area contributed by atoms with Gasteiger partial charge >= 0.3 is 29.6 Å².